The number of rotatable bonds is 7. The van der Waals surface area contributed by atoms with Crippen LogP contribution in [0.4, 0.5) is 0 Å². The van der Waals surface area contributed by atoms with Gasteiger partial charge < -0.3 is 9.40 Å². The van der Waals surface area contributed by atoms with Gasteiger partial charge in [-0.25, -0.2) is 4.98 Å². The maximum atomic E-state index is 8.68. The maximum absolute atomic E-state index is 8.68. The summed E-state index contributed by atoms with van der Waals surface area (Å²) < 4.78 is 42.1. The first-order chi connectivity index (χ1) is 27.8. The maximum Gasteiger partial charge on any atom is 0.216 e. The summed E-state index contributed by atoms with van der Waals surface area (Å²) >= 11 is -2.24. The summed E-state index contributed by atoms with van der Waals surface area (Å²) in [5.74, 6) is 6.79. The smallest absolute Gasteiger partial charge is 0.216 e. The first-order valence-corrected chi connectivity index (χ1v) is 27.0. The fourth-order valence-electron chi connectivity index (χ4n) is 6.93. The van der Waals surface area contributed by atoms with Crippen LogP contribution in [0, 0.1) is 37.3 Å². The molecule has 4 aromatic heterocycles. The summed E-state index contributed by atoms with van der Waals surface area (Å²) in [7, 11) is 0. The molecule has 1 radical (unpaired) electrons. The average molecular weight is 999 g/mol. The second kappa shape index (κ2) is 17.5. The molecule has 7 rings (SSSR count). The SMILES string of the molecule is [2H]C([2H])(c1cc(-c2[c-]cc(C(C)(C)C)cc2)nc[c]1[Ge]([CH3])([CH3])[CH3])C(C)C.[2H]C([2H])(c1ccnc(-c2[c-]ccc3c2oc2nc(-c4c(C)cccc4C)ccc23)c1)C(C)(C)C.[Ir]. The molecule has 4 heterocycles. The number of aryl methyl sites for hydroxylation is 2. The van der Waals surface area contributed by atoms with E-state index in [9.17, 15) is 0 Å². The first kappa shape index (κ1) is 38.6. The van der Waals surface area contributed by atoms with Gasteiger partial charge in [-0.15, -0.1) is 18.2 Å². The molecule has 4 nitrogen and oxygen atoms in total. The topological polar surface area (TPSA) is 51.8 Å². The van der Waals surface area contributed by atoms with Crippen LogP contribution in [-0.2, 0) is 38.3 Å². The van der Waals surface area contributed by atoms with Crippen molar-refractivity contribution in [3.05, 3.63) is 131 Å². The fraction of sp³-hybridized carbons (Fsp3) is 0.353. The van der Waals surface area contributed by atoms with Crippen LogP contribution in [0.15, 0.2) is 95.7 Å². The predicted molar refractivity (Wildman–Crippen MR) is 240 cm³/mol. The van der Waals surface area contributed by atoms with Gasteiger partial charge >= 0.3 is 154 Å². The van der Waals surface area contributed by atoms with E-state index >= 15 is 0 Å². The third-order valence-electron chi connectivity index (χ3n) is 9.68. The Kier molecular flexibility index (Phi) is 11.9. The number of furan rings is 1. The Labute approximate surface area is 363 Å². The molecular weight excluding hydrogens is 935 g/mol. The standard InChI is InChI=1S/C29H27N2O.C22H32GeN.Ir/c1-18-8-6-9-19(2)26(18)24-13-12-22-21-10-7-11-23(27(21)32-28(22)31-24)25-16-20(14-15-30-25)17-29(3,4)5;1-16(2)13-18-14-21(24-15-20(18)23(6,7)8)17-9-11-19(12-10-17)22(3,4)5;/h6-10,12-16H,17H2,1-5H3;9,11-12,14-16H,13H2,1-8H3;/q2*-1;/i17D2;13D2;. The summed E-state index contributed by atoms with van der Waals surface area (Å²) in [6.45, 7) is 20.3. The van der Waals surface area contributed by atoms with Crippen molar-refractivity contribution in [1.82, 2.24) is 15.0 Å². The van der Waals surface area contributed by atoms with E-state index in [0.717, 1.165) is 43.2 Å². The summed E-state index contributed by atoms with van der Waals surface area (Å²) in [6.07, 6.45) is 0.697. The average Bonchev–Trinajstić information content (AvgIpc) is 3.55. The van der Waals surface area contributed by atoms with Crippen molar-refractivity contribution in [1.29, 1.82) is 0 Å². The number of hydrogen-bond donors (Lipinski definition) is 0. The van der Waals surface area contributed by atoms with E-state index in [1.165, 1.54) is 16.7 Å². The molecule has 0 aliphatic rings. The zero-order valence-corrected chi connectivity index (χ0v) is 40.3. The van der Waals surface area contributed by atoms with Gasteiger partial charge in [-0.2, -0.15) is 0 Å². The molecule has 0 unspecified atom stereocenters. The van der Waals surface area contributed by atoms with E-state index in [2.05, 4.69) is 110 Å². The molecule has 0 saturated heterocycles. The molecule has 0 aliphatic heterocycles. The predicted octanol–water partition coefficient (Wildman–Crippen LogP) is 13.3. The molecule has 0 N–H and O–H groups in total. The minimum absolute atomic E-state index is 0. The molecule has 0 saturated carbocycles. The van der Waals surface area contributed by atoms with Gasteiger partial charge in [-0.1, -0.05) is 61.5 Å². The van der Waals surface area contributed by atoms with Crippen LogP contribution in [0.25, 0.3) is 55.8 Å². The Morgan fingerprint density at radius 2 is 1.53 bits per heavy atom. The molecule has 3 aromatic carbocycles. The Bertz CT molecular complexity index is 2650. The van der Waals surface area contributed by atoms with E-state index in [1.54, 1.807) is 18.3 Å². The quantitative estimate of drug-likeness (QED) is 0.118. The Hall–Kier alpha value is -3.90. The van der Waals surface area contributed by atoms with Crippen LogP contribution in [-0.4, -0.2) is 28.2 Å². The summed E-state index contributed by atoms with van der Waals surface area (Å²) in [4.78, 5) is 14.1. The zero-order valence-electron chi connectivity index (χ0n) is 39.8. The number of hydrogen-bond acceptors (Lipinski definition) is 4. The van der Waals surface area contributed by atoms with Gasteiger partial charge in [0, 0.05) is 40.0 Å². The van der Waals surface area contributed by atoms with E-state index in [1.807, 2.05) is 71.1 Å². The second-order valence-corrected chi connectivity index (χ2v) is 28.8. The van der Waals surface area contributed by atoms with Crippen molar-refractivity contribution >= 4 is 39.7 Å². The van der Waals surface area contributed by atoms with Crippen molar-refractivity contribution in [2.45, 2.75) is 105 Å². The van der Waals surface area contributed by atoms with Gasteiger partial charge in [-0.05, 0) is 60.7 Å². The van der Waals surface area contributed by atoms with Crippen molar-refractivity contribution in [2.24, 2.45) is 11.3 Å². The van der Waals surface area contributed by atoms with Crippen molar-refractivity contribution in [3.63, 3.8) is 0 Å². The van der Waals surface area contributed by atoms with Crippen LogP contribution in [0.3, 0.4) is 0 Å². The largest absolute Gasteiger partial charge is 0.486 e. The summed E-state index contributed by atoms with van der Waals surface area (Å²) in [5, 5.41) is 1.87. The van der Waals surface area contributed by atoms with E-state index in [4.69, 9.17) is 14.9 Å². The van der Waals surface area contributed by atoms with Gasteiger partial charge in [-0.3, -0.25) is 0 Å². The molecule has 6 heteroatoms. The van der Waals surface area contributed by atoms with Gasteiger partial charge in [0.25, 0.3) is 0 Å². The van der Waals surface area contributed by atoms with Crippen molar-refractivity contribution in [3.8, 4) is 33.8 Å². The van der Waals surface area contributed by atoms with Gasteiger partial charge in [0.05, 0.1) is 11.3 Å². The Morgan fingerprint density at radius 1 is 0.807 bits per heavy atom. The Balaban J connectivity index is 0.000000236. The van der Waals surface area contributed by atoms with Crippen LogP contribution in [0.1, 0.15) is 88.7 Å². The molecule has 0 spiro atoms. The van der Waals surface area contributed by atoms with Gasteiger partial charge in [0.15, 0.2) is 0 Å². The molecule has 0 fully saturated rings. The van der Waals surface area contributed by atoms with Gasteiger partial charge in [0.2, 0.25) is 5.71 Å². The van der Waals surface area contributed by atoms with E-state index < -0.39 is 31.4 Å². The molecule has 0 aliphatic carbocycles. The van der Waals surface area contributed by atoms with Crippen molar-refractivity contribution in [2.75, 3.05) is 0 Å². The van der Waals surface area contributed by atoms with Crippen LogP contribution < -0.4 is 4.40 Å². The number of benzene rings is 3. The third-order valence-corrected chi connectivity index (χ3v) is 13.9. The molecule has 57 heavy (non-hydrogen) atoms. The molecule has 0 amide bonds. The molecular formula is C51H59GeIrN3O-2. The Morgan fingerprint density at radius 3 is 2.14 bits per heavy atom. The third kappa shape index (κ3) is 10.6. The zero-order chi connectivity index (χ0) is 44.2. The molecule has 299 valence electrons. The summed E-state index contributed by atoms with van der Waals surface area (Å²) in [5.41, 5.74) is 10.8. The molecule has 0 atom stereocenters. The minimum Gasteiger partial charge on any atom is -0.486 e. The first-order valence-electron chi connectivity index (χ1n) is 21.6. The number of fused-ring (bicyclic) bond motifs is 3. The van der Waals surface area contributed by atoms with Crippen LogP contribution in [0.2, 0.25) is 17.3 Å². The molecule has 0 bridgehead atoms. The van der Waals surface area contributed by atoms with Crippen LogP contribution in [0.5, 0.6) is 0 Å². The molecule has 7 aromatic rings. The van der Waals surface area contributed by atoms with E-state index in [-0.39, 0.29) is 31.4 Å². The minimum atomic E-state index is -2.24. The van der Waals surface area contributed by atoms with Crippen LogP contribution >= 0.6 is 0 Å². The number of pyridine rings is 3. The number of nitrogens with zero attached hydrogens (tertiary/aromatic N) is 3. The monoisotopic (exact) mass is 1000 g/mol. The van der Waals surface area contributed by atoms with Crippen molar-refractivity contribution < 1.29 is 30.0 Å². The normalized spacial score (nSPS) is 13.6. The van der Waals surface area contributed by atoms with Gasteiger partial charge in [0.1, 0.15) is 0 Å². The second-order valence-electron chi connectivity index (χ2n) is 18.2. The fourth-order valence-corrected chi connectivity index (χ4v) is 9.88. The summed E-state index contributed by atoms with van der Waals surface area (Å²) in [6, 6.07) is 32.5. The van der Waals surface area contributed by atoms with E-state index in [0.29, 0.717) is 28.1 Å². The number of aromatic nitrogens is 3.